The molecule has 256 valence electrons. The minimum atomic E-state index is -4.17. The van der Waals surface area contributed by atoms with E-state index in [1.807, 2.05) is 6.92 Å². The molecule has 2 aromatic carbocycles. The van der Waals surface area contributed by atoms with Crippen molar-refractivity contribution in [3.05, 3.63) is 86.8 Å². The molecule has 2 bridgehead atoms. The van der Waals surface area contributed by atoms with Crippen molar-refractivity contribution in [2.75, 3.05) is 27.7 Å². The van der Waals surface area contributed by atoms with E-state index in [4.69, 9.17) is 4.18 Å². The fourth-order valence-corrected chi connectivity index (χ4v) is 7.39. The molecule has 13 nitrogen and oxygen atoms in total. The molecule has 0 atom stereocenters. The molecule has 2 N–H and O–H groups in total. The quantitative estimate of drug-likeness (QED) is 0.268. The number of likely N-dealkylation sites (N-methyl/N-ethyl adjacent to an activating group) is 2. The van der Waals surface area contributed by atoms with Crippen molar-refractivity contribution < 1.29 is 36.5 Å². The maximum absolute atomic E-state index is 13.9. The Morgan fingerprint density at radius 3 is 2.27 bits per heavy atom. The van der Waals surface area contributed by atoms with Crippen LogP contribution in [0, 0.1) is 25.1 Å². The molecular weight excluding hydrogens is 645 g/mol. The lowest BCUT2D eigenvalue weighted by atomic mass is 9.68. The van der Waals surface area contributed by atoms with Gasteiger partial charge in [-0.1, -0.05) is 29.8 Å². The molecule has 1 fully saturated rings. The van der Waals surface area contributed by atoms with Gasteiger partial charge in [-0.15, -0.1) is 0 Å². The molecule has 3 heterocycles. The van der Waals surface area contributed by atoms with Gasteiger partial charge in [0.25, 0.3) is 21.6 Å². The highest BCUT2D eigenvalue weighted by molar-refractivity contribution is 7.86. The number of hydrogen-bond acceptors (Lipinski definition) is 9. The van der Waals surface area contributed by atoms with Gasteiger partial charge in [0, 0.05) is 39.6 Å². The Kier molecular flexibility index (Phi) is 9.23. The molecule has 1 aliphatic carbocycles. The third-order valence-corrected chi connectivity index (χ3v) is 10.7. The first-order chi connectivity index (χ1) is 22.5. The average Bonchev–Trinajstić information content (AvgIpc) is 3.29. The first kappa shape index (κ1) is 34.7. The van der Waals surface area contributed by atoms with Gasteiger partial charge in [0.15, 0.2) is 5.69 Å². The molecule has 0 unspecified atom stereocenters. The second-order valence-corrected chi connectivity index (χ2v) is 14.5. The zero-order chi connectivity index (χ0) is 35.2. The van der Waals surface area contributed by atoms with Crippen molar-refractivity contribution in [1.82, 2.24) is 24.7 Å². The van der Waals surface area contributed by atoms with Gasteiger partial charge in [0.1, 0.15) is 17.2 Å². The van der Waals surface area contributed by atoms with Gasteiger partial charge in [-0.3, -0.25) is 27.9 Å². The highest BCUT2D eigenvalue weighted by Gasteiger charge is 2.55. The Labute approximate surface area is 277 Å². The number of nitrogens with zero attached hydrogens (tertiary/aromatic N) is 4. The molecule has 0 saturated heterocycles. The van der Waals surface area contributed by atoms with Gasteiger partial charge in [0.2, 0.25) is 5.75 Å². The fourth-order valence-electron chi connectivity index (χ4n) is 6.38. The topological polar surface area (TPSA) is 168 Å². The molecule has 15 heteroatoms. The van der Waals surface area contributed by atoms with Gasteiger partial charge >= 0.3 is 11.8 Å². The van der Waals surface area contributed by atoms with E-state index in [1.165, 1.54) is 50.3 Å². The van der Waals surface area contributed by atoms with E-state index in [2.05, 4.69) is 10.3 Å². The van der Waals surface area contributed by atoms with Crippen molar-refractivity contribution in [1.29, 1.82) is 0 Å². The first-order valence-electron chi connectivity index (χ1n) is 15.3. The highest BCUT2D eigenvalue weighted by atomic mass is 32.2. The summed E-state index contributed by atoms with van der Waals surface area (Å²) in [6.45, 7) is 2.90. The number of carbonyl (C=O) groups is 3. The van der Waals surface area contributed by atoms with Gasteiger partial charge < -0.3 is 20.2 Å². The molecule has 0 spiro atoms. The fraction of sp³-hybridized carbons (Fsp3) is 0.424. The van der Waals surface area contributed by atoms with Crippen molar-refractivity contribution in [3.63, 3.8) is 0 Å². The number of aromatic hydroxyl groups is 1. The molecule has 3 amide bonds. The van der Waals surface area contributed by atoms with Crippen LogP contribution in [0.3, 0.4) is 0 Å². The normalized spacial score (nSPS) is 20.0. The lowest BCUT2D eigenvalue weighted by molar-refractivity contribution is -0.155. The summed E-state index contributed by atoms with van der Waals surface area (Å²) in [7, 11) is 0.0970. The molecule has 2 aliphatic heterocycles. The average molecular weight is 684 g/mol. The molecule has 0 radical (unpaired) electrons. The summed E-state index contributed by atoms with van der Waals surface area (Å²) in [6, 6.07) is 10.5. The van der Waals surface area contributed by atoms with E-state index < -0.39 is 61.6 Å². The lowest BCUT2D eigenvalue weighted by Crippen LogP contribution is -2.54. The zero-order valence-electron chi connectivity index (χ0n) is 27.4. The Morgan fingerprint density at radius 1 is 1.02 bits per heavy atom. The van der Waals surface area contributed by atoms with Gasteiger partial charge in [-0.05, 0) is 68.9 Å². The maximum atomic E-state index is 13.9. The number of aromatic nitrogens is 2. The minimum Gasteiger partial charge on any atom is -0.501 e. The summed E-state index contributed by atoms with van der Waals surface area (Å²) in [5.41, 5.74) is -2.05. The second-order valence-electron chi connectivity index (χ2n) is 12.9. The van der Waals surface area contributed by atoms with Crippen LogP contribution in [-0.4, -0.2) is 78.3 Å². The van der Waals surface area contributed by atoms with Crippen molar-refractivity contribution in [2.45, 2.75) is 63.1 Å². The molecule has 3 aliphatic rings. The van der Waals surface area contributed by atoms with Crippen LogP contribution in [0.15, 0.2) is 52.2 Å². The molecular formula is C33H38FN5O8S. The first-order valence-corrected chi connectivity index (χ1v) is 16.7. The van der Waals surface area contributed by atoms with E-state index in [1.54, 1.807) is 25.1 Å². The van der Waals surface area contributed by atoms with Gasteiger partial charge in [-0.2, -0.15) is 8.42 Å². The number of hydrogen-bond donors (Lipinski definition) is 2. The summed E-state index contributed by atoms with van der Waals surface area (Å²) in [5, 5.41) is 13.6. The van der Waals surface area contributed by atoms with E-state index in [0.29, 0.717) is 11.1 Å². The molecule has 1 saturated carbocycles. The van der Waals surface area contributed by atoms with Crippen LogP contribution < -0.4 is 10.9 Å². The Bertz CT molecular complexity index is 1950. The third-order valence-electron chi connectivity index (χ3n) is 9.45. The van der Waals surface area contributed by atoms with Crippen LogP contribution in [0.4, 0.5) is 4.39 Å². The molecule has 6 rings (SSSR count). The molecule has 3 aromatic rings. The van der Waals surface area contributed by atoms with E-state index >= 15 is 0 Å². The van der Waals surface area contributed by atoms with Crippen LogP contribution in [0.2, 0.25) is 0 Å². The predicted molar refractivity (Wildman–Crippen MR) is 171 cm³/mol. The number of halogens is 1. The Hall–Kier alpha value is -4.63. The van der Waals surface area contributed by atoms with Crippen LogP contribution >= 0.6 is 0 Å². The number of carbonyl (C=O) groups excluding carboxylic acids is 3. The zero-order valence-corrected chi connectivity index (χ0v) is 28.2. The number of benzene rings is 2. The predicted octanol–water partition coefficient (Wildman–Crippen LogP) is 2.36. The number of aryl methyl sites for hydroxylation is 2. The van der Waals surface area contributed by atoms with E-state index in [-0.39, 0.29) is 56.1 Å². The van der Waals surface area contributed by atoms with Crippen LogP contribution in [0.5, 0.6) is 5.75 Å². The summed E-state index contributed by atoms with van der Waals surface area (Å²) in [4.78, 5) is 60.3. The summed E-state index contributed by atoms with van der Waals surface area (Å²) < 4.78 is 46.7. The summed E-state index contributed by atoms with van der Waals surface area (Å²) in [5.74, 6) is -3.95. The number of rotatable bonds is 8. The Balaban J connectivity index is 1.54. The molecule has 48 heavy (non-hydrogen) atoms. The van der Waals surface area contributed by atoms with Crippen molar-refractivity contribution >= 4 is 27.8 Å². The van der Waals surface area contributed by atoms with Crippen molar-refractivity contribution in [3.8, 4) is 5.75 Å². The summed E-state index contributed by atoms with van der Waals surface area (Å²) in [6.07, 6.45) is 0.826. The van der Waals surface area contributed by atoms with Crippen molar-refractivity contribution in [2.24, 2.45) is 5.41 Å². The van der Waals surface area contributed by atoms with E-state index in [9.17, 15) is 37.1 Å². The smallest absolute Gasteiger partial charge is 0.312 e. The minimum absolute atomic E-state index is 0.0174. The SMILES string of the molecule is Cc1ccc(S(=O)(=O)OCC23CCC(N(C)C(=O)C(=O)N(C)C)(CC2)c2nc(C(=O)NCc4ccc(F)c(C)c4)c(O)c(=O)n2C3)cc1. The van der Waals surface area contributed by atoms with Gasteiger partial charge in [0.05, 0.1) is 11.5 Å². The lowest BCUT2D eigenvalue weighted by Gasteiger charge is -2.46. The standard InChI is InChI=1S/C33H38FN5O8S/c1-20-6-9-23(10-7-20)48(45,46)47-19-32-12-14-33(15-13-32,38(5)30(44)29(43)37(3)4)31-36-25(26(40)28(42)39(31)18-32)27(41)35-17-22-8-11-24(34)21(2)16-22/h6-11,16,40H,12-15,17-19H2,1-5H3,(H,35,41). The number of amides is 3. The largest absolute Gasteiger partial charge is 0.501 e. The maximum Gasteiger partial charge on any atom is 0.312 e. The summed E-state index contributed by atoms with van der Waals surface area (Å²) >= 11 is 0. The highest BCUT2D eigenvalue weighted by Crippen LogP contribution is 2.52. The van der Waals surface area contributed by atoms with E-state index in [0.717, 1.165) is 15.0 Å². The van der Waals surface area contributed by atoms with Crippen LogP contribution in [0.1, 0.15) is 58.7 Å². The number of fused-ring (bicyclic) bond motifs is 2. The van der Waals surface area contributed by atoms with Gasteiger partial charge in [-0.25, -0.2) is 9.37 Å². The number of nitrogens with one attached hydrogen (secondary N) is 1. The van der Waals surface area contributed by atoms with Crippen LogP contribution in [-0.2, 0) is 42.5 Å². The monoisotopic (exact) mass is 683 g/mol. The van der Waals surface area contributed by atoms with Crippen LogP contribution in [0.25, 0.3) is 0 Å². The second kappa shape index (κ2) is 12.8. The molecule has 1 aromatic heterocycles. The third kappa shape index (κ3) is 6.31. The Morgan fingerprint density at radius 2 is 1.67 bits per heavy atom.